The number of piperidine rings is 1. The number of nitrogens with zero attached hydrogens (tertiary/aromatic N) is 3. The Kier molecular flexibility index (Phi) is 3.02. The molecule has 2 aromatic heterocycles. The van der Waals surface area contributed by atoms with E-state index in [0.717, 1.165) is 40.9 Å². The number of hydrogen-bond donors (Lipinski definition) is 0. The zero-order valence-electron chi connectivity index (χ0n) is 12.2. The van der Waals surface area contributed by atoms with Gasteiger partial charge in [0.2, 0.25) is 0 Å². The summed E-state index contributed by atoms with van der Waals surface area (Å²) in [5.41, 5.74) is 2.65. The second-order valence-electron chi connectivity index (χ2n) is 5.72. The third-order valence-corrected chi connectivity index (χ3v) is 4.51. The Bertz CT molecular complexity index is 780. The lowest BCUT2D eigenvalue weighted by molar-refractivity contribution is 0.446. The average Bonchev–Trinajstić information content (AvgIpc) is 2.93. The van der Waals surface area contributed by atoms with Crippen LogP contribution in [0.15, 0.2) is 35.0 Å². The number of para-hydroxylation sites is 1. The quantitative estimate of drug-likeness (QED) is 0.708. The fourth-order valence-corrected chi connectivity index (χ4v) is 3.42. The first-order valence-electron chi connectivity index (χ1n) is 7.77. The molecule has 1 aliphatic heterocycles. The fraction of sp³-hybridized carbons (Fsp3) is 0.412. The summed E-state index contributed by atoms with van der Waals surface area (Å²) >= 11 is 0. The van der Waals surface area contributed by atoms with Crippen LogP contribution in [-0.2, 0) is 0 Å². The van der Waals surface area contributed by atoms with Gasteiger partial charge in [0.25, 0.3) is 0 Å². The summed E-state index contributed by atoms with van der Waals surface area (Å²) < 4.78 is 6.06. The molecule has 1 fully saturated rings. The molecule has 1 atom stereocenters. The van der Waals surface area contributed by atoms with Crippen LogP contribution in [0.25, 0.3) is 22.1 Å². The summed E-state index contributed by atoms with van der Waals surface area (Å²) in [4.78, 5) is 11.4. The molecule has 4 heteroatoms. The van der Waals surface area contributed by atoms with Crippen molar-refractivity contribution in [1.82, 2.24) is 9.97 Å². The molecule has 0 N–H and O–H groups in total. The van der Waals surface area contributed by atoms with Crippen LogP contribution in [0.5, 0.6) is 0 Å². The molecule has 0 unspecified atom stereocenters. The minimum Gasteiger partial charge on any atom is -0.450 e. The van der Waals surface area contributed by atoms with Gasteiger partial charge in [-0.3, -0.25) is 0 Å². The van der Waals surface area contributed by atoms with Crippen LogP contribution in [0.3, 0.4) is 0 Å². The van der Waals surface area contributed by atoms with E-state index in [1.807, 2.05) is 18.2 Å². The lowest BCUT2D eigenvalue weighted by Crippen LogP contribution is -2.39. The Morgan fingerprint density at radius 3 is 3.05 bits per heavy atom. The maximum atomic E-state index is 6.06. The number of fused-ring (bicyclic) bond motifs is 3. The van der Waals surface area contributed by atoms with Crippen molar-refractivity contribution in [3.63, 3.8) is 0 Å². The van der Waals surface area contributed by atoms with Crippen LogP contribution in [0.2, 0.25) is 0 Å². The standard InChI is InChI=1S/C17H19N3O/c1-2-12-7-5-6-10-20(12)17-16-15(18-11-19-17)13-8-3-4-9-14(13)21-16/h3-4,8-9,11-12H,2,5-7,10H2,1H3/t12-/m1/s1. The topological polar surface area (TPSA) is 42.2 Å². The van der Waals surface area contributed by atoms with Crippen molar-refractivity contribution in [1.29, 1.82) is 0 Å². The molecule has 108 valence electrons. The van der Waals surface area contributed by atoms with E-state index < -0.39 is 0 Å². The second kappa shape index (κ2) is 5.02. The van der Waals surface area contributed by atoms with E-state index in [1.165, 1.54) is 19.3 Å². The van der Waals surface area contributed by atoms with Crippen LogP contribution in [0, 0.1) is 0 Å². The van der Waals surface area contributed by atoms with E-state index in [0.29, 0.717) is 6.04 Å². The first-order valence-corrected chi connectivity index (χ1v) is 7.77. The number of aromatic nitrogens is 2. The van der Waals surface area contributed by atoms with Gasteiger partial charge in [-0.05, 0) is 37.8 Å². The van der Waals surface area contributed by atoms with Crippen molar-refractivity contribution in [2.75, 3.05) is 11.4 Å². The summed E-state index contributed by atoms with van der Waals surface area (Å²) in [6.07, 6.45) is 6.58. The highest BCUT2D eigenvalue weighted by Gasteiger charge is 2.25. The zero-order valence-corrected chi connectivity index (χ0v) is 12.2. The van der Waals surface area contributed by atoms with Gasteiger partial charge in [0.15, 0.2) is 11.4 Å². The van der Waals surface area contributed by atoms with E-state index >= 15 is 0 Å². The molecule has 4 nitrogen and oxygen atoms in total. The first-order chi connectivity index (χ1) is 10.4. The minimum atomic E-state index is 0.560. The third kappa shape index (κ3) is 1.97. The number of rotatable bonds is 2. The molecular weight excluding hydrogens is 262 g/mol. The molecule has 0 radical (unpaired) electrons. The molecule has 1 aliphatic rings. The molecule has 1 aromatic carbocycles. The molecular formula is C17H19N3O. The summed E-state index contributed by atoms with van der Waals surface area (Å²) in [6, 6.07) is 8.63. The predicted molar refractivity (Wildman–Crippen MR) is 84.6 cm³/mol. The molecule has 4 rings (SSSR count). The maximum absolute atomic E-state index is 6.06. The van der Waals surface area contributed by atoms with Crippen molar-refractivity contribution in [2.45, 2.75) is 38.6 Å². The van der Waals surface area contributed by atoms with Crippen molar-refractivity contribution < 1.29 is 4.42 Å². The van der Waals surface area contributed by atoms with Crippen LogP contribution in [0.4, 0.5) is 5.82 Å². The largest absolute Gasteiger partial charge is 0.450 e. The summed E-state index contributed by atoms with van der Waals surface area (Å²) in [5, 5.41) is 1.07. The van der Waals surface area contributed by atoms with Crippen molar-refractivity contribution in [3.8, 4) is 0 Å². The van der Waals surface area contributed by atoms with Crippen LogP contribution < -0.4 is 4.90 Å². The summed E-state index contributed by atoms with van der Waals surface area (Å²) in [5.74, 6) is 0.961. The van der Waals surface area contributed by atoms with Crippen molar-refractivity contribution in [3.05, 3.63) is 30.6 Å². The Morgan fingerprint density at radius 2 is 2.14 bits per heavy atom. The van der Waals surface area contributed by atoms with E-state index in [4.69, 9.17) is 4.42 Å². The number of hydrogen-bond acceptors (Lipinski definition) is 4. The predicted octanol–water partition coefficient (Wildman–Crippen LogP) is 4.14. The molecule has 1 saturated heterocycles. The highest BCUT2D eigenvalue weighted by molar-refractivity contribution is 6.05. The molecule has 3 heterocycles. The van der Waals surface area contributed by atoms with Gasteiger partial charge in [-0.15, -0.1) is 0 Å². The van der Waals surface area contributed by atoms with Crippen LogP contribution in [-0.4, -0.2) is 22.6 Å². The summed E-state index contributed by atoms with van der Waals surface area (Å²) in [6.45, 7) is 3.31. The highest BCUT2D eigenvalue weighted by atomic mass is 16.3. The van der Waals surface area contributed by atoms with E-state index in [-0.39, 0.29) is 0 Å². The molecule has 3 aromatic rings. The average molecular weight is 281 g/mol. The van der Waals surface area contributed by atoms with Gasteiger partial charge in [-0.25, -0.2) is 9.97 Å². The summed E-state index contributed by atoms with van der Waals surface area (Å²) in [7, 11) is 0. The van der Waals surface area contributed by atoms with Crippen LogP contribution >= 0.6 is 0 Å². The van der Waals surface area contributed by atoms with Gasteiger partial charge >= 0.3 is 0 Å². The molecule has 0 amide bonds. The number of furan rings is 1. The maximum Gasteiger partial charge on any atom is 0.196 e. The lowest BCUT2D eigenvalue weighted by Gasteiger charge is -2.35. The van der Waals surface area contributed by atoms with Gasteiger partial charge in [0, 0.05) is 18.0 Å². The smallest absolute Gasteiger partial charge is 0.196 e. The zero-order chi connectivity index (χ0) is 14.2. The lowest BCUT2D eigenvalue weighted by atomic mass is 10.00. The van der Waals surface area contributed by atoms with Gasteiger partial charge in [0.1, 0.15) is 17.4 Å². The van der Waals surface area contributed by atoms with Crippen molar-refractivity contribution >= 4 is 27.9 Å². The molecule has 0 saturated carbocycles. The van der Waals surface area contributed by atoms with Crippen molar-refractivity contribution in [2.24, 2.45) is 0 Å². The third-order valence-electron chi connectivity index (χ3n) is 4.51. The Morgan fingerprint density at radius 1 is 1.24 bits per heavy atom. The van der Waals surface area contributed by atoms with Gasteiger partial charge in [-0.2, -0.15) is 0 Å². The second-order valence-corrected chi connectivity index (χ2v) is 5.72. The number of benzene rings is 1. The Balaban J connectivity index is 1.92. The van der Waals surface area contributed by atoms with E-state index in [2.05, 4.69) is 27.9 Å². The Labute approximate surface area is 123 Å². The minimum absolute atomic E-state index is 0.560. The highest BCUT2D eigenvalue weighted by Crippen LogP contribution is 2.34. The SMILES string of the molecule is CC[C@@H]1CCCCN1c1ncnc2c1oc1ccccc12. The van der Waals surface area contributed by atoms with Crippen LogP contribution in [0.1, 0.15) is 32.6 Å². The molecule has 0 aliphatic carbocycles. The normalized spacial score (nSPS) is 19.5. The number of anilines is 1. The van der Waals surface area contributed by atoms with E-state index in [1.54, 1.807) is 6.33 Å². The van der Waals surface area contributed by atoms with Gasteiger partial charge < -0.3 is 9.32 Å². The monoisotopic (exact) mass is 281 g/mol. The van der Waals surface area contributed by atoms with Gasteiger partial charge in [0.05, 0.1) is 0 Å². The fourth-order valence-electron chi connectivity index (χ4n) is 3.42. The first kappa shape index (κ1) is 12.6. The molecule has 21 heavy (non-hydrogen) atoms. The molecule has 0 spiro atoms. The van der Waals surface area contributed by atoms with Gasteiger partial charge in [-0.1, -0.05) is 19.1 Å². The van der Waals surface area contributed by atoms with E-state index in [9.17, 15) is 0 Å². The molecule has 0 bridgehead atoms. The Hall–Kier alpha value is -2.10.